The third-order valence-corrected chi connectivity index (χ3v) is 2.90. The van der Waals surface area contributed by atoms with Crippen molar-refractivity contribution in [3.63, 3.8) is 0 Å². The molecule has 0 bridgehead atoms. The highest BCUT2D eigenvalue weighted by molar-refractivity contribution is 6.30. The summed E-state index contributed by atoms with van der Waals surface area (Å²) in [6.07, 6.45) is 1.89. The van der Waals surface area contributed by atoms with Crippen LogP contribution in [0.1, 0.15) is 19.8 Å². The van der Waals surface area contributed by atoms with Crippen molar-refractivity contribution < 1.29 is 9.13 Å². The molecule has 90 valence electrons. The molecule has 16 heavy (non-hydrogen) atoms. The second kappa shape index (κ2) is 6.97. The lowest BCUT2D eigenvalue weighted by Crippen LogP contribution is -2.04. The summed E-state index contributed by atoms with van der Waals surface area (Å²) in [6, 6.07) is 4.46. The van der Waals surface area contributed by atoms with E-state index in [1.54, 1.807) is 6.07 Å². The first-order valence-electron chi connectivity index (χ1n) is 5.27. The van der Waals surface area contributed by atoms with Crippen LogP contribution in [0.15, 0.2) is 18.2 Å². The summed E-state index contributed by atoms with van der Waals surface area (Å²) in [5.74, 6) is 1.25. The first-order valence-corrected chi connectivity index (χ1v) is 6.18. The van der Waals surface area contributed by atoms with Crippen molar-refractivity contribution >= 4 is 23.2 Å². The van der Waals surface area contributed by atoms with E-state index in [9.17, 15) is 4.39 Å². The zero-order chi connectivity index (χ0) is 12.0. The fourth-order valence-electron chi connectivity index (χ4n) is 1.28. The van der Waals surface area contributed by atoms with Crippen LogP contribution in [-0.2, 0) is 0 Å². The van der Waals surface area contributed by atoms with Crippen molar-refractivity contribution in [2.24, 2.45) is 5.92 Å². The van der Waals surface area contributed by atoms with Gasteiger partial charge in [0, 0.05) is 11.9 Å². The molecule has 0 radical (unpaired) electrons. The Bertz CT molecular complexity index is 331. The van der Waals surface area contributed by atoms with Gasteiger partial charge in [-0.05, 0) is 30.9 Å². The van der Waals surface area contributed by atoms with Crippen LogP contribution in [0.25, 0.3) is 0 Å². The molecule has 0 aromatic heterocycles. The van der Waals surface area contributed by atoms with Crippen LogP contribution in [-0.4, -0.2) is 12.5 Å². The van der Waals surface area contributed by atoms with E-state index in [1.807, 2.05) is 0 Å². The number of alkyl halides is 1. The number of ether oxygens (including phenoxy) is 1. The van der Waals surface area contributed by atoms with Gasteiger partial charge in [0.1, 0.15) is 11.6 Å². The minimum atomic E-state index is -0.451. The van der Waals surface area contributed by atoms with Gasteiger partial charge < -0.3 is 4.74 Å². The molecule has 0 aliphatic carbocycles. The van der Waals surface area contributed by atoms with Gasteiger partial charge in [0.15, 0.2) is 0 Å². The molecule has 0 heterocycles. The molecular formula is C12H15Cl2FO. The highest BCUT2D eigenvalue weighted by Gasteiger charge is 2.04. The van der Waals surface area contributed by atoms with Crippen molar-refractivity contribution in [2.45, 2.75) is 19.8 Å². The number of hydrogen-bond acceptors (Lipinski definition) is 1. The summed E-state index contributed by atoms with van der Waals surface area (Å²) in [6.45, 7) is 2.69. The molecule has 0 saturated heterocycles. The van der Waals surface area contributed by atoms with Gasteiger partial charge in [-0.15, -0.1) is 11.6 Å². The topological polar surface area (TPSA) is 9.23 Å². The summed E-state index contributed by atoms with van der Waals surface area (Å²) in [5, 5.41) is 0.114. The van der Waals surface area contributed by atoms with Crippen LogP contribution in [0, 0.1) is 11.7 Å². The van der Waals surface area contributed by atoms with Gasteiger partial charge in [-0.3, -0.25) is 0 Å². The Balaban J connectivity index is 2.34. The van der Waals surface area contributed by atoms with Crippen LogP contribution < -0.4 is 4.74 Å². The second-order valence-corrected chi connectivity index (χ2v) is 4.58. The molecule has 1 unspecified atom stereocenters. The minimum Gasteiger partial charge on any atom is -0.493 e. The molecule has 0 spiro atoms. The third kappa shape index (κ3) is 4.58. The number of halogens is 3. The summed E-state index contributed by atoms with van der Waals surface area (Å²) in [7, 11) is 0. The van der Waals surface area contributed by atoms with Gasteiger partial charge in [-0.2, -0.15) is 0 Å². The summed E-state index contributed by atoms with van der Waals surface area (Å²) in [5.41, 5.74) is 0. The van der Waals surface area contributed by atoms with Crippen LogP contribution in [0.5, 0.6) is 5.75 Å². The number of hydrogen-bond donors (Lipinski definition) is 0. The first-order chi connectivity index (χ1) is 7.63. The van der Waals surface area contributed by atoms with Crippen molar-refractivity contribution in [3.8, 4) is 5.75 Å². The number of benzene rings is 1. The van der Waals surface area contributed by atoms with E-state index >= 15 is 0 Å². The predicted octanol–water partition coefficient (Wildman–Crippen LogP) is 4.51. The average Bonchev–Trinajstić information content (AvgIpc) is 2.24. The van der Waals surface area contributed by atoms with Gasteiger partial charge in [0.2, 0.25) is 0 Å². The van der Waals surface area contributed by atoms with Crippen LogP contribution >= 0.6 is 23.2 Å². The summed E-state index contributed by atoms with van der Waals surface area (Å²) >= 11 is 11.2. The molecule has 1 aromatic rings. The quantitative estimate of drug-likeness (QED) is 0.687. The largest absolute Gasteiger partial charge is 0.493 e. The smallest absolute Gasteiger partial charge is 0.145 e. The van der Waals surface area contributed by atoms with E-state index in [0.29, 0.717) is 24.2 Å². The molecule has 0 N–H and O–H groups in total. The lowest BCUT2D eigenvalue weighted by Gasteiger charge is -2.10. The standard InChI is InChI=1S/C12H15Cl2FO/c1-9(4-6-13)5-7-16-10-2-3-11(14)12(15)8-10/h2-3,8-9H,4-7H2,1H3. The molecule has 1 aromatic carbocycles. The van der Waals surface area contributed by atoms with Crippen molar-refractivity contribution in [3.05, 3.63) is 29.0 Å². The Morgan fingerprint density at radius 2 is 2.12 bits per heavy atom. The Morgan fingerprint density at radius 3 is 2.75 bits per heavy atom. The molecule has 0 aliphatic heterocycles. The van der Waals surface area contributed by atoms with E-state index in [-0.39, 0.29) is 5.02 Å². The summed E-state index contributed by atoms with van der Waals surface area (Å²) in [4.78, 5) is 0. The summed E-state index contributed by atoms with van der Waals surface area (Å²) < 4.78 is 18.5. The Hall–Kier alpha value is -0.470. The number of rotatable bonds is 6. The van der Waals surface area contributed by atoms with E-state index < -0.39 is 5.82 Å². The van der Waals surface area contributed by atoms with Crippen LogP contribution in [0.3, 0.4) is 0 Å². The van der Waals surface area contributed by atoms with Crippen LogP contribution in [0.4, 0.5) is 4.39 Å². The molecule has 1 atom stereocenters. The molecule has 0 saturated carbocycles. The van der Waals surface area contributed by atoms with E-state index in [1.165, 1.54) is 12.1 Å². The predicted molar refractivity (Wildman–Crippen MR) is 66.0 cm³/mol. The average molecular weight is 265 g/mol. The zero-order valence-corrected chi connectivity index (χ0v) is 10.7. The van der Waals surface area contributed by atoms with E-state index in [2.05, 4.69) is 6.92 Å². The maximum absolute atomic E-state index is 13.1. The second-order valence-electron chi connectivity index (χ2n) is 3.80. The molecule has 0 fully saturated rings. The molecule has 0 aliphatic rings. The lowest BCUT2D eigenvalue weighted by molar-refractivity contribution is 0.281. The minimum absolute atomic E-state index is 0.114. The zero-order valence-electron chi connectivity index (χ0n) is 9.18. The van der Waals surface area contributed by atoms with E-state index in [4.69, 9.17) is 27.9 Å². The normalized spacial score (nSPS) is 12.5. The fourth-order valence-corrected chi connectivity index (χ4v) is 1.77. The maximum Gasteiger partial charge on any atom is 0.145 e. The van der Waals surface area contributed by atoms with Gasteiger partial charge in [0.05, 0.1) is 11.6 Å². The Labute approximate surface area is 106 Å². The molecule has 1 rings (SSSR count). The third-order valence-electron chi connectivity index (χ3n) is 2.37. The SMILES string of the molecule is CC(CCCl)CCOc1ccc(Cl)c(F)c1. The van der Waals surface area contributed by atoms with Gasteiger partial charge in [-0.1, -0.05) is 18.5 Å². The highest BCUT2D eigenvalue weighted by atomic mass is 35.5. The van der Waals surface area contributed by atoms with Crippen molar-refractivity contribution in [1.82, 2.24) is 0 Å². The fraction of sp³-hybridized carbons (Fsp3) is 0.500. The van der Waals surface area contributed by atoms with E-state index in [0.717, 1.165) is 12.8 Å². The Kier molecular flexibility index (Phi) is 5.93. The molecule has 4 heteroatoms. The van der Waals surface area contributed by atoms with Gasteiger partial charge in [-0.25, -0.2) is 4.39 Å². The molecule has 1 nitrogen and oxygen atoms in total. The Morgan fingerprint density at radius 1 is 1.38 bits per heavy atom. The van der Waals surface area contributed by atoms with Crippen molar-refractivity contribution in [2.75, 3.05) is 12.5 Å². The van der Waals surface area contributed by atoms with Crippen LogP contribution in [0.2, 0.25) is 5.02 Å². The van der Waals surface area contributed by atoms with Gasteiger partial charge >= 0.3 is 0 Å². The highest BCUT2D eigenvalue weighted by Crippen LogP contribution is 2.20. The van der Waals surface area contributed by atoms with Gasteiger partial charge in [0.25, 0.3) is 0 Å². The monoisotopic (exact) mass is 264 g/mol. The molecule has 0 amide bonds. The molecular weight excluding hydrogens is 250 g/mol. The van der Waals surface area contributed by atoms with Crippen molar-refractivity contribution in [1.29, 1.82) is 0 Å². The maximum atomic E-state index is 13.1. The first kappa shape index (κ1) is 13.6. The lowest BCUT2D eigenvalue weighted by atomic mass is 10.1.